The Kier molecular flexibility index (Phi) is 6.96. The van der Waals surface area contributed by atoms with Crippen LogP contribution in [-0.4, -0.2) is 60.0 Å². The first kappa shape index (κ1) is 24.3. The number of aromatic nitrogens is 1. The lowest BCUT2D eigenvalue weighted by molar-refractivity contribution is -0.128. The summed E-state index contributed by atoms with van der Waals surface area (Å²) in [5.41, 5.74) is 4.24. The Labute approximate surface area is 212 Å². The van der Waals surface area contributed by atoms with Crippen molar-refractivity contribution in [3.63, 3.8) is 0 Å². The molecule has 2 atom stereocenters. The van der Waals surface area contributed by atoms with Crippen molar-refractivity contribution in [1.29, 1.82) is 0 Å². The molecule has 1 aromatic heterocycles. The van der Waals surface area contributed by atoms with Gasteiger partial charge in [-0.1, -0.05) is 43.7 Å². The lowest BCUT2D eigenvalue weighted by Gasteiger charge is -2.39. The predicted octanol–water partition coefficient (Wildman–Crippen LogP) is 4.51. The van der Waals surface area contributed by atoms with Gasteiger partial charge in [0.2, 0.25) is 5.91 Å². The van der Waals surface area contributed by atoms with Gasteiger partial charge >= 0.3 is 6.09 Å². The van der Waals surface area contributed by atoms with E-state index in [-0.39, 0.29) is 24.6 Å². The Hall–Kier alpha value is -3.39. The predicted molar refractivity (Wildman–Crippen MR) is 140 cm³/mol. The van der Waals surface area contributed by atoms with E-state index in [9.17, 15) is 9.59 Å². The number of pyridine rings is 1. The van der Waals surface area contributed by atoms with E-state index in [0.717, 1.165) is 49.2 Å². The Balaban J connectivity index is 1.26. The largest absolute Gasteiger partial charge is 0.444 e. The van der Waals surface area contributed by atoms with Crippen molar-refractivity contribution in [1.82, 2.24) is 14.8 Å². The number of fused-ring (bicyclic) bond motifs is 1. The van der Waals surface area contributed by atoms with Crippen molar-refractivity contribution in [2.24, 2.45) is 5.92 Å². The summed E-state index contributed by atoms with van der Waals surface area (Å²) in [5, 5.41) is 3.47. The molecule has 8 heteroatoms. The van der Waals surface area contributed by atoms with Crippen molar-refractivity contribution < 1.29 is 14.3 Å². The van der Waals surface area contributed by atoms with E-state index in [1.54, 1.807) is 13.2 Å². The van der Waals surface area contributed by atoms with E-state index in [1.807, 2.05) is 11.0 Å². The van der Waals surface area contributed by atoms with E-state index in [1.165, 1.54) is 41.4 Å². The number of anilines is 2. The van der Waals surface area contributed by atoms with Crippen molar-refractivity contribution >= 4 is 23.5 Å². The van der Waals surface area contributed by atoms with E-state index < -0.39 is 0 Å². The summed E-state index contributed by atoms with van der Waals surface area (Å²) in [6.07, 6.45) is 6.66. The van der Waals surface area contributed by atoms with Crippen LogP contribution in [0, 0.1) is 5.92 Å². The van der Waals surface area contributed by atoms with Crippen LogP contribution in [0.2, 0.25) is 0 Å². The summed E-state index contributed by atoms with van der Waals surface area (Å²) < 4.78 is 5.13. The number of rotatable bonds is 8. The molecule has 8 nitrogen and oxygen atoms in total. The number of benzene rings is 1. The first-order chi connectivity index (χ1) is 17.4. The summed E-state index contributed by atoms with van der Waals surface area (Å²) >= 11 is 0. The fourth-order valence-electron chi connectivity index (χ4n) is 5.17. The van der Waals surface area contributed by atoms with Crippen LogP contribution < -0.4 is 10.2 Å². The monoisotopic (exact) mass is 489 g/mol. The maximum absolute atomic E-state index is 12.0. The van der Waals surface area contributed by atoms with Crippen LogP contribution in [0.4, 0.5) is 16.3 Å². The number of nitrogens with zero attached hydrogens (tertiary/aromatic N) is 4. The lowest BCUT2D eigenvalue weighted by Crippen LogP contribution is -2.49. The standard InChI is InChI=1S/C28H35N5O3/c1-4-27(34)33-13-11-32(12-14-33)25(15-20-5-6-20)22-9-7-21(8-10-22)19(2)30-26-16-24-23(17-29-26)18-36-28(35)31(24)3/h4,7-10,16-17,19-20,25H,1,5-6,11-15,18H2,2-3H3,(H,29,30)/t19-,25?/m0/s1. The molecular formula is C28H35N5O3. The van der Waals surface area contributed by atoms with Crippen LogP contribution in [0.1, 0.15) is 55.0 Å². The quantitative estimate of drug-likeness (QED) is 0.550. The van der Waals surface area contributed by atoms with Gasteiger partial charge < -0.3 is 15.0 Å². The third-order valence-electron chi connectivity index (χ3n) is 7.63. The molecule has 5 rings (SSSR count). The zero-order chi connectivity index (χ0) is 25.2. The maximum atomic E-state index is 12.0. The zero-order valence-electron chi connectivity index (χ0n) is 21.2. The topological polar surface area (TPSA) is 78.0 Å². The van der Waals surface area contributed by atoms with E-state index >= 15 is 0 Å². The molecule has 1 saturated heterocycles. The van der Waals surface area contributed by atoms with Gasteiger partial charge in [-0.2, -0.15) is 0 Å². The second-order valence-corrected chi connectivity index (χ2v) is 10.1. The number of piperazine rings is 1. The highest BCUT2D eigenvalue weighted by Gasteiger charge is 2.32. The zero-order valence-corrected chi connectivity index (χ0v) is 21.2. The van der Waals surface area contributed by atoms with Gasteiger partial charge in [-0.05, 0) is 36.5 Å². The number of nitrogens with one attached hydrogen (secondary N) is 1. The normalized spacial score (nSPS) is 19.8. The van der Waals surface area contributed by atoms with Crippen LogP contribution in [0.15, 0.2) is 49.2 Å². The maximum Gasteiger partial charge on any atom is 0.414 e. The fourth-order valence-corrected chi connectivity index (χ4v) is 5.17. The van der Waals surface area contributed by atoms with Crippen LogP contribution in [0.25, 0.3) is 0 Å². The number of ether oxygens (including phenoxy) is 1. The van der Waals surface area contributed by atoms with E-state index in [4.69, 9.17) is 4.74 Å². The summed E-state index contributed by atoms with van der Waals surface area (Å²) in [4.78, 5) is 34.3. The molecule has 3 aliphatic rings. The van der Waals surface area contributed by atoms with Gasteiger partial charge in [-0.15, -0.1) is 0 Å². The van der Waals surface area contributed by atoms with Crippen molar-refractivity contribution in [2.45, 2.75) is 44.9 Å². The van der Waals surface area contributed by atoms with Gasteiger partial charge in [-0.25, -0.2) is 9.78 Å². The van der Waals surface area contributed by atoms with Gasteiger partial charge in [-0.3, -0.25) is 14.6 Å². The second kappa shape index (κ2) is 10.3. The van der Waals surface area contributed by atoms with Crippen molar-refractivity contribution in [3.05, 3.63) is 65.9 Å². The molecule has 1 unspecified atom stereocenters. The molecule has 1 N–H and O–H groups in total. The molecule has 1 aliphatic carbocycles. The summed E-state index contributed by atoms with van der Waals surface area (Å²) in [6, 6.07) is 11.3. The third kappa shape index (κ3) is 5.23. The Morgan fingerprint density at radius 2 is 1.89 bits per heavy atom. The molecular weight excluding hydrogens is 454 g/mol. The van der Waals surface area contributed by atoms with Crippen LogP contribution in [0.5, 0.6) is 0 Å². The first-order valence-corrected chi connectivity index (χ1v) is 12.8. The molecule has 190 valence electrons. The molecule has 3 heterocycles. The molecule has 0 bridgehead atoms. The lowest BCUT2D eigenvalue weighted by atomic mass is 9.96. The number of cyclic esters (lactones) is 1. The molecule has 2 aliphatic heterocycles. The van der Waals surface area contributed by atoms with Crippen molar-refractivity contribution in [3.8, 4) is 0 Å². The Bertz CT molecular complexity index is 1120. The molecule has 1 aromatic carbocycles. The van der Waals surface area contributed by atoms with Gasteiger partial charge in [0.15, 0.2) is 0 Å². The van der Waals surface area contributed by atoms with Crippen molar-refractivity contribution in [2.75, 3.05) is 43.4 Å². The van der Waals surface area contributed by atoms with Gasteiger partial charge in [0.25, 0.3) is 0 Å². The molecule has 2 amide bonds. The molecule has 2 fully saturated rings. The minimum absolute atomic E-state index is 0.0271. The Morgan fingerprint density at radius 1 is 1.19 bits per heavy atom. The second-order valence-electron chi connectivity index (χ2n) is 10.1. The average molecular weight is 490 g/mol. The molecule has 36 heavy (non-hydrogen) atoms. The summed E-state index contributed by atoms with van der Waals surface area (Å²) in [6.45, 7) is 9.29. The van der Waals surface area contributed by atoms with E-state index in [2.05, 4.69) is 53.0 Å². The number of hydrogen-bond acceptors (Lipinski definition) is 6. The molecule has 0 radical (unpaired) electrons. The minimum atomic E-state index is -0.349. The highest BCUT2D eigenvalue weighted by molar-refractivity contribution is 5.90. The molecule has 2 aromatic rings. The van der Waals surface area contributed by atoms with Crippen LogP contribution in [0.3, 0.4) is 0 Å². The number of amides is 2. The smallest absolute Gasteiger partial charge is 0.414 e. The molecule has 1 saturated carbocycles. The van der Waals surface area contributed by atoms with Gasteiger partial charge in [0.05, 0.1) is 5.69 Å². The molecule has 0 spiro atoms. The SMILES string of the molecule is C=CC(=O)N1CCN(C(CC2CC2)c2ccc([C@H](C)Nc3cc4c(cn3)COC(=O)N4C)cc2)CC1. The summed E-state index contributed by atoms with van der Waals surface area (Å²) in [5.74, 6) is 1.57. The van der Waals surface area contributed by atoms with Gasteiger partial charge in [0, 0.05) is 63.1 Å². The first-order valence-electron chi connectivity index (χ1n) is 12.8. The fraction of sp³-hybridized carbons (Fsp3) is 0.464. The number of hydrogen-bond donors (Lipinski definition) is 1. The number of carbonyl (C=O) groups excluding carboxylic acids is 2. The van der Waals surface area contributed by atoms with Gasteiger partial charge in [0.1, 0.15) is 12.4 Å². The third-order valence-corrected chi connectivity index (χ3v) is 7.63. The van der Waals surface area contributed by atoms with Crippen LogP contribution >= 0.6 is 0 Å². The van der Waals surface area contributed by atoms with Crippen LogP contribution in [-0.2, 0) is 16.1 Å². The minimum Gasteiger partial charge on any atom is -0.444 e. The van der Waals surface area contributed by atoms with E-state index in [0.29, 0.717) is 6.04 Å². The highest BCUT2D eigenvalue weighted by atomic mass is 16.6. The highest BCUT2D eigenvalue weighted by Crippen LogP contribution is 2.40. The summed E-state index contributed by atoms with van der Waals surface area (Å²) in [7, 11) is 1.71. The number of carbonyl (C=O) groups is 2. The Morgan fingerprint density at radius 3 is 2.56 bits per heavy atom. The average Bonchev–Trinajstić information content (AvgIpc) is 3.74.